The molecule has 4 rings (SSSR count). The highest BCUT2D eigenvalue weighted by molar-refractivity contribution is 5.95. The van der Waals surface area contributed by atoms with E-state index in [0.717, 1.165) is 59.4 Å². The van der Waals surface area contributed by atoms with Gasteiger partial charge in [0.05, 0.1) is 29.7 Å². The summed E-state index contributed by atoms with van der Waals surface area (Å²) in [6.45, 7) is 6.32. The zero-order valence-corrected chi connectivity index (χ0v) is 20.3. The van der Waals surface area contributed by atoms with Crippen molar-refractivity contribution in [1.29, 1.82) is 0 Å². The van der Waals surface area contributed by atoms with Gasteiger partial charge in [-0.3, -0.25) is 9.69 Å². The maximum atomic E-state index is 12.5. The standard InChI is InChI=1S/C27H33N3O4/c1-5-19(6-2)30-23-15-14-22-20(13-12-17(3)29(22)27(33)34-4)25(23)28-24(30)16-21(26(31)32)18-10-8-7-9-11-18/h7-11,14-15,17,19,21H,5-6,12-13,16H2,1-4H3,(H,31,32)/t17-,21+/m0/s1. The predicted molar refractivity (Wildman–Crippen MR) is 133 cm³/mol. The smallest absolute Gasteiger partial charge is 0.414 e. The summed E-state index contributed by atoms with van der Waals surface area (Å²) in [5.74, 6) is -0.771. The van der Waals surface area contributed by atoms with Gasteiger partial charge in [-0.15, -0.1) is 0 Å². The van der Waals surface area contributed by atoms with Crippen molar-refractivity contribution >= 4 is 28.8 Å². The monoisotopic (exact) mass is 463 g/mol. The molecule has 0 spiro atoms. The Labute approximate surface area is 200 Å². The number of rotatable bonds is 7. The van der Waals surface area contributed by atoms with E-state index in [9.17, 15) is 14.7 Å². The third-order valence-corrected chi connectivity index (χ3v) is 7.09. The molecule has 1 aliphatic heterocycles. The minimum atomic E-state index is -0.859. The molecule has 180 valence electrons. The Morgan fingerprint density at radius 1 is 1.15 bits per heavy atom. The quantitative estimate of drug-likeness (QED) is 0.485. The van der Waals surface area contributed by atoms with Gasteiger partial charge in [-0.05, 0) is 50.3 Å². The van der Waals surface area contributed by atoms with Crippen molar-refractivity contribution in [3.8, 4) is 0 Å². The number of anilines is 1. The Kier molecular flexibility index (Phi) is 6.91. The summed E-state index contributed by atoms with van der Waals surface area (Å²) in [5.41, 5.74) is 4.48. The molecule has 0 aliphatic carbocycles. The van der Waals surface area contributed by atoms with Gasteiger partial charge in [0.25, 0.3) is 0 Å². The van der Waals surface area contributed by atoms with Crippen molar-refractivity contribution in [3.63, 3.8) is 0 Å². The number of methoxy groups -OCH3 is 1. The Morgan fingerprint density at radius 2 is 1.85 bits per heavy atom. The molecular formula is C27H33N3O4. The van der Waals surface area contributed by atoms with E-state index in [1.165, 1.54) is 7.11 Å². The van der Waals surface area contributed by atoms with Gasteiger partial charge in [0, 0.05) is 24.1 Å². The van der Waals surface area contributed by atoms with Crippen LogP contribution in [0, 0.1) is 0 Å². The van der Waals surface area contributed by atoms with Crippen LogP contribution in [0.15, 0.2) is 42.5 Å². The van der Waals surface area contributed by atoms with Crippen LogP contribution in [0.25, 0.3) is 11.0 Å². The van der Waals surface area contributed by atoms with Gasteiger partial charge in [-0.25, -0.2) is 9.78 Å². The van der Waals surface area contributed by atoms with E-state index in [4.69, 9.17) is 9.72 Å². The number of carbonyl (C=O) groups excluding carboxylic acids is 1. The van der Waals surface area contributed by atoms with Gasteiger partial charge in [0.15, 0.2) is 0 Å². The van der Waals surface area contributed by atoms with Gasteiger partial charge in [-0.1, -0.05) is 44.2 Å². The van der Waals surface area contributed by atoms with Gasteiger partial charge in [0.2, 0.25) is 0 Å². The molecule has 0 bridgehead atoms. The fraction of sp³-hybridized carbons (Fsp3) is 0.444. The molecule has 2 aromatic carbocycles. The Balaban J connectivity index is 1.89. The minimum Gasteiger partial charge on any atom is -0.481 e. The first-order chi connectivity index (χ1) is 16.4. The van der Waals surface area contributed by atoms with E-state index in [-0.39, 0.29) is 18.2 Å². The van der Waals surface area contributed by atoms with Gasteiger partial charge in [-0.2, -0.15) is 0 Å². The van der Waals surface area contributed by atoms with Crippen molar-refractivity contribution in [2.75, 3.05) is 12.0 Å². The van der Waals surface area contributed by atoms with Crippen LogP contribution in [0.5, 0.6) is 0 Å². The number of fused-ring (bicyclic) bond motifs is 3. The molecular weight excluding hydrogens is 430 g/mol. The molecule has 0 saturated carbocycles. The molecule has 7 heteroatoms. The molecule has 1 aliphatic rings. The number of hydrogen-bond acceptors (Lipinski definition) is 4. The topological polar surface area (TPSA) is 84.7 Å². The Morgan fingerprint density at radius 3 is 2.47 bits per heavy atom. The lowest BCUT2D eigenvalue weighted by Gasteiger charge is -2.34. The Hall–Kier alpha value is -3.35. The van der Waals surface area contributed by atoms with Crippen molar-refractivity contribution < 1.29 is 19.4 Å². The van der Waals surface area contributed by atoms with Crippen LogP contribution in [0.2, 0.25) is 0 Å². The maximum Gasteiger partial charge on any atom is 0.414 e. The fourth-order valence-electron chi connectivity index (χ4n) is 5.24. The summed E-state index contributed by atoms with van der Waals surface area (Å²) in [6, 6.07) is 13.6. The third kappa shape index (κ3) is 4.15. The highest BCUT2D eigenvalue weighted by Crippen LogP contribution is 2.38. The molecule has 34 heavy (non-hydrogen) atoms. The highest BCUT2D eigenvalue weighted by Gasteiger charge is 2.32. The van der Waals surface area contributed by atoms with E-state index in [2.05, 4.69) is 18.4 Å². The number of benzene rings is 2. The number of aromatic nitrogens is 2. The number of imidazole rings is 1. The van der Waals surface area contributed by atoms with Gasteiger partial charge >= 0.3 is 12.1 Å². The van der Waals surface area contributed by atoms with Crippen LogP contribution < -0.4 is 4.90 Å². The summed E-state index contributed by atoms with van der Waals surface area (Å²) in [6.07, 6.45) is 3.39. The predicted octanol–water partition coefficient (Wildman–Crippen LogP) is 5.72. The molecule has 7 nitrogen and oxygen atoms in total. The second-order valence-electron chi connectivity index (χ2n) is 9.03. The van der Waals surface area contributed by atoms with Crippen LogP contribution in [-0.2, 0) is 22.4 Å². The number of hydrogen-bond donors (Lipinski definition) is 1. The summed E-state index contributed by atoms with van der Waals surface area (Å²) < 4.78 is 7.29. The summed E-state index contributed by atoms with van der Waals surface area (Å²) in [4.78, 5) is 31.6. The second-order valence-corrected chi connectivity index (χ2v) is 9.03. The molecule has 0 fully saturated rings. The minimum absolute atomic E-state index is 0.0347. The van der Waals surface area contributed by atoms with E-state index in [1.54, 1.807) is 4.90 Å². The number of carboxylic acid groups (broad SMARTS) is 1. The molecule has 0 unspecified atom stereocenters. The van der Waals surface area contributed by atoms with E-state index < -0.39 is 11.9 Å². The number of carbonyl (C=O) groups is 2. The van der Waals surface area contributed by atoms with Crippen molar-refractivity contribution in [1.82, 2.24) is 9.55 Å². The third-order valence-electron chi connectivity index (χ3n) is 7.09. The first kappa shape index (κ1) is 23.8. The lowest BCUT2D eigenvalue weighted by Crippen LogP contribution is -2.42. The van der Waals surface area contributed by atoms with E-state index in [1.807, 2.05) is 49.4 Å². The number of amides is 1. The molecule has 3 aromatic rings. The number of aryl methyl sites for hydroxylation is 1. The molecule has 0 radical (unpaired) electrons. The molecule has 2 atom stereocenters. The average Bonchev–Trinajstić information content (AvgIpc) is 3.21. The average molecular weight is 464 g/mol. The number of nitrogens with zero attached hydrogens (tertiary/aromatic N) is 3. The summed E-state index contributed by atoms with van der Waals surface area (Å²) in [5, 5.41) is 10.1. The van der Waals surface area contributed by atoms with E-state index >= 15 is 0 Å². The fourth-order valence-corrected chi connectivity index (χ4v) is 5.24. The van der Waals surface area contributed by atoms with Crippen molar-refractivity contribution in [3.05, 3.63) is 59.4 Å². The van der Waals surface area contributed by atoms with E-state index in [0.29, 0.717) is 6.42 Å². The molecule has 1 aromatic heterocycles. The lowest BCUT2D eigenvalue weighted by atomic mass is 9.95. The SMILES string of the molecule is CCC(CC)n1c(C[C@@H](C(=O)O)c2ccccc2)nc2c3c(ccc21)N(C(=O)OC)[C@@H](C)CC3. The maximum absolute atomic E-state index is 12.5. The molecule has 0 saturated heterocycles. The van der Waals surface area contributed by atoms with Crippen molar-refractivity contribution in [2.45, 2.75) is 70.9 Å². The summed E-state index contributed by atoms with van der Waals surface area (Å²) in [7, 11) is 1.40. The number of aliphatic carboxylic acids is 1. The van der Waals surface area contributed by atoms with Crippen LogP contribution in [-0.4, -0.2) is 39.9 Å². The molecule has 1 N–H and O–H groups in total. The summed E-state index contributed by atoms with van der Waals surface area (Å²) >= 11 is 0. The largest absolute Gasteiger partial charge is 0.481 e. The van der Waals surface area contributed by atoms with Gasteiger partial charge in [0.1, 0.15) is 5.82 Å². The molecule has 1 amide bonds. The highest BCUT2D eigenvalue weighted by atomic mass is 16.5. The zero-order valence-electron chi connectivity index (χ0n) is 20.3. The molecule has 2 heterocycles. The van der Waals surface area contributed by atoms with Crippen LogP contribution >= 0.6 is 0 Å². The first-order valence-corrected chi connectivity index (χ1v) is 12.1. The lowest BCUT2D eigenvalue weighted by molar-refractivity contribution is -0.138. The zero-order chi connectivity index (χ0) is 24.4. The first-order valence-electron chi connectivity index (χ1n) is 12.1. The van der Waals surface area contributed by atoms with Crippen LogP contribution in [0.3, 0.4) is 0 Å². The van der Waals surface area contributed by atoms with Gasteiger partial charge < -0.3 is 14.4 Å². The van der Waals surface area contributed by atoms with Crippen LogP contribution in [0.1, 0.15) is 68.9 Å². The Bertz CT molecular complexity index is 1180. The van der Waals surface area contributed by atoms with Crippen molar-refractivity contribution in [2.24, 2.45) is 0 Å². The number of carboxylic acids is 1. The normalized spacial score (nSPS) is 16.5. The number of ether oxygens (including phenoxy) is 1. The van der Waals surface area contributed by atoms with Crippen LogP contribution in [0.4, 0.5) is 10.5 Å². The second kappa shape index (κ2) is 9.87.